The van der Waals surface area contributed by atoms with E-state index in [1.165, 1.54) is 7.11 Å². The Balaban J connectivity index is 1.85. The van der Waals surface area contributed by atoms with Crippen LogP contribution < -0.4 is 10.5 Å². The molecule has 6 heteroatoms. The van der Waals surface area contributed by atoms with E-state index in [0.29, 0.717) is 35.5 Å². The lowest BCUT2D eigenvalue weighted by Crippen LogP contribution is -2.33. The van der Waals surface area contributed by atoms with E-state index < -0.39 is 11.9 Å². The van der Waals surface area contributed by atoms with Crippen LogP contribution in [0.2, 0.25) is 0 Å². The number of hydrogen-bond acceptors (Lipinski definition) is 6. The van der Waals surface area contributed by atoms with Crippen molar-refractivity contribution in [2.75, 3.05) is 14.2 Å². The summed E-state index contributed by atoms with van der Waals surface area (Å²) in [5.74, 6) is -0.407. The molecule has 0 aromatic heterocycles. The van der Waals surface area contributed by atoms with Gasteiger partial charge < -0.3 is 19.9 Å². The number of carbonyl (C=O) groups is 2. The number of esters is 1. The lowest BCUT2D eigenvalue weighted by Gasteiger charge is -2.35. The molecule has 0 bridgehead atoms. The van der Waals surface area contributed by atoms with Crippen molar-refractivity contribution in [2.45, 2.75) is 24.7 Å². The highest BCUT2D eigenvalue weighted by atomic mass is 16.5. The van der Waals surface area contributed by atoms with Gasteiger partial charge in [0.2, 0.25) is 5.88 Å². The van der Waals surface area contributed by atoms with Crippen molar-refractivity contribution < 1.29 is 23.8 Å². The molecule has 4 rings (SSSR count). The molecule has 0 fully saturated rings. The molecule has 6 nitrogen and oxygen atoms in total. The first-order valence-electron chi connectivity index (χ1n) is 9.75. The van der Waals surface area contributed by atoms with Crippen molar-refractivity contribution in [3.8, 4) is 5.75 Å². The van der Waals surface area contributed by atoms with Gasteiger partial charge in [0.25, 0.3) is 0 Å². The van der Waals surface area contributed by atoms with Crippen LogP contribution >= 0.6 is 0 Å². The zero-order valence-corrected chi connectivity index (χ0v) is 16.9. The number of allylic oxidation sites excluding steroid dienone is 2. The summed E-state index contributed by atoms with van der Waals surface area (Å²) in [7, 11) is 2.83. The van der Waals surface area contributed by atoms with Crippen LogP contribution in [0.15, 0.2) is 77.4 Å². The van der Waals surface area contributed by atoms with Gasteiger partial charge in [-0.3, -0.25) is 4.79 Å². The highest BCUT2D eigenvalue weighted by molar-refractivity contribution is 6.03. The Labute approximate surface area is 174 Å². The molecule has 2 aliphatic rings. The van der Waals surface area contributed by atoms with Crippen molar-refractivity contribution in [2.24, 2.45) is 5.73 Å². The second kappa shape index (κ2) is 8.06. The van der Waals surface area contributed by atoms with Crippen molar-refractivity contribution in [1.29, 1.82) is 0 Å². The van der Waals surface area contributed by atoms with Crippen LogP contribution in [0.25, 0.3) is 0 Å². The molecule has 2 aromatic carbocycles. The first-order chi connectivity index (χ1) is 14.5. The third kappa shape index (κ3) is 3.34. The minimum atomic E-state index is -0.707. The number of methoxy groups -OCH3 is 2. The molecule has 0 saturated heterocycles. The monoisotopic (exact) mass is 405 g/mol. The van der Waals surface area contributed by atoms with E-state index in [1.807, 2.05) is 48.5 Å². The van der Waals surface area contributed by atoms with Gasteiger partial charge in [0.1, 0.15) is 17.1 Å². The van der Waals surface area contributed by atoms with Gasteiger partial charge in [0, 0.05) is 24.0 Å². The van der Waals surface area contributed by atoms with Gasteiger partial charge in [-0.15, -0.1) is 0 Å². The molecule has 30 heavy (non-hydrogen) atoms. The molecule has 0 radical (unpaired) electrons. The first kappa shape index (κ1) is 19.8. The fourth-order valence-corrected chi connectivity index (χ4v) is 4.29. The number of ketones is 1. The Bertz CT molecular complexity index is 1050. The topological polar surface area (TPSA) is 87.9 Å². The molecule has 2 aromatic rings. The van der Waals surface area contributed by atoms with Crippen LogP contribution in [0.5, 0.6) is 5.75 Å². The summed E-state index contributed by atoms with van der Waals surface area (Å²) in [5, 5.41) is 0. The number of benzene rings is 2. The molecule has 1 heterocycles. The Morgan fingerprint density at radius 2 is 1.73 bits per heavy atom. The van der Waals surface area contributed by atoms with Gasteiger partial charge >= 0.3 is 5.97 Å². The van der Waals surface area contributed by atoms with Crippen LogP contribution in [-0.4, -0.2) is 26.0 Å². The van der Waals surface area contributed by atoms with Crippen molar-refractivity contribution >= 4 is 11.8 Å². The summed E-state index contributed by atoms with van der Waals surface area (Å²) in [6, 6.07) is 17.1. The van der Waals surface area contributed by atoms with Gasteiger partial charge in [0.15, 0.2) is 5.78 Å². The highest BCUT2D eigenvalue weighted by Crippen LogP contribution is 2.48. The molecule has 2 atom stereocenters. The summed E-state index contributed by atoms with van der Waals surface area (Å²) < 4.78 is 16.3. The minimum absolute atomic E-state index is 0.0109. The molecule has 2 unspecified atom stereocenters. The molecule has 1 aliphatic heterocycles. The Morgan fingerprint density at radius 3 is 2.43 bits per heavy atom. The third-order valence-electron chi connectivity index (χ3n) is 5.67. The Morgan fingerprint density at radius 1 is 1.03 bits per heavy atom. The van der Waals surface area contributed by atoms with E-state index in [0.717, 1.165) is 5.56 Å². The van der Waals surface area contributed by atoms with E-state index in [2.05, 4.69) is 0 Å². The van der Waals surface area contributed by atoms with Crippen molar-refractivity contribution in [3.05, 3.63) is 88.5 Å². The van der Waals surface area contributed by atoms with Crippen LogP contribution in [0.4, 0.5) is 0 Å². The Hall–Kier alpha value is -3.54. The van der Waals surface area contributed by atoms with E-state index in [1.54, 1.807) is 13.2 Å². The first-order valence-corrected chi connectivity index (χ1v) is 9.75. The van der Waals surface area contributed by atoms with Crippen LogP contribution in [0, 0.1) is 0 Å². The maximum atomic E-state index is 13.4. The van der Waals surface area contributed by atoms with Crippen molar-refractivity contribution in [3.63, 3.8) is 0 Å². The second-order valence-corrected chi connectivity index (χ2v) is 7.32. The summed E-state index contributed by atoms with van der Waals surface area (Å²) in [5.41, 5.74) is 8.48. The lowest BCUT2D eigenvalue weighted by atomic mass is 9.73. The maximum absolute atomic E-state index is 13.4. The SMILES string of the molecule is COC(=O)C1=C(N)OC2=C(C(=O)CC(c3ccccc3)C2)C1c1ccccc1OC. The average Bonchev–Trinajstić information content (AvgIpc) is 2.78. The van der Waals surface area contributed by atoms with E-state index in [9.17, 15) is 9.59 Å². The molecule has 0 saturated carbocycles. The predicted octanol–water partition coefficient (Wildman–Crippen LogP) is 3.55. The molecular weight excluding hydrogens is 382 g/mol. The van der Waals surface area contributed by atoms with Gasteiger partial charge in [-0.25, -0.2) is 4.79 Å². The van der Waals surface area contributed by atoms with Crippen LogP contribution in [0.3, 0.4) is 0 Å². The van der Waals surface area contributed by atoms with Crippen molar-refractivity contribution in [1.82, 2.24) is 0 Å². The van der Waals surface area contributed by atoms with Gasteiger partial charge in [-0.2, -0.15) is 0 Å². The van der Waals surface area contributed by atoms with Crippen LogP contribution in [-0.2, 0) is 19.1 Å². The number of ether oxygens (including phenoxy) is 3. The number of para-hydroxylation sites is 1. The van der Waals surface area contributed by atoms with Gasteiger partial charge in [-0.05, 0) is 17.5 Å². The normalized spacial score (nSPS) is 21.1. The summed E-state index contributed by atoms with van der Waals surface area (Å²) in [4.78, 5) is 26.0. The molecule has 1 aliphatic carbocycles. The molecule has 154 valence electrons. The standard InChI is InChI=1S/C24H23NO5/c1-28-18-11-7-6-10-16(18)20-21-17(26)12-15(14-8-4-3-5-9-14)13-19(21)30-23(25)22(20)24(27)29-2/h3-11,15,20H,12-13,25H2,1-2H3. The number of hydrogen-bond donors (Lipinski definition) is 1. The smallest absolute Gasteiger partial charge is 0.340 e. The number of rotatable bonds is 4. The quantitative estimate of drug-likeness (QED) is 0.783. The second-order valence-electron chi connectivity index (χ2n) is 7.32. The summed E-state index contributed by atoms with van der Waals surface area (Å²) in [6.45, 7) is 0. The fraction of sp³-hybridized carbons (Fsp3) is 0.250. The van der Waals surface area contributed by atoms with E-state index >= 15 is 0 Å². The largest absolute Gasteiger partial charge is 0.496 e. The van der Waals surface area contributed by atoms with Gasteiger partial charge in [-0.1, -0.05) is 48.5 Å². The van der Waals surface area contributed by atoms with E-state index in [4.69, 9.17) is 19.9 Å². The maximum Gasteiger partial charge on any atom is 0.340 e. The summed E-state index contributed by atoms with van der Waals surface area (Å²) in [6.07, 6.45) is 0.845. The van der Waals surface area contributed by atoms with E-state index in [-0.39, 0.29) is 23.2 Å². The predicted molar refractivity (Wildman–Crippen MR) is 110 cm³/mol. The average molecular weight is 405 g/mol. The number of nitrogens with two attached hydrogens (primary N) is 1. The zero-order valence-electron chi connectivity index (χ0n) is 16.9. The molecular formula is C24H23NO5. The molecule has 2 N–H and O–H groups in total. The fourth-order valence-electron chi connectivity index (χ4n) is 4.29. The van der Waals surface area contributed by atoms with Crippen LogP contribution in [0.1, 0.15) is 35.8 Å². The molecule has 0 spiro atoms. The minimum Gasteiger partial charge on any atom is -0.496 e. The molecule has 0 amide bonds. The number of carbonyl (C=O) groups excluding carboxylic acids is 2. The number of Topliss-reactive ketones (excluding diaryl/α,β-unsaturated/α-hetero) is 1. The third-order valence-corrected chi connectivity index (χ3v) is 5.67. The summed E-state index contributed by atoms with van der Waals surface area (Å²) >= 11 is 0. The van der Waals surface area contributed by atoms with Gasteiger partial charge in [0.05, 0.1) is 20.1 Å². The highest BCUT2D eigenvalue weighted by Gasteiger charge is 2.44. The zero-order chi connectivity index (χ0) is 21.3. The lowest BCUT2D eigenvalue weighted by molar-refractivity contribution is -0.136. The Kier molecular flexibility index (Phi) is 5.31.